The molecule has 0 atom stereocenters. The summed E-state index contributed by atoms with van der Waals surface area (Å²) in [5.74, 6) is 0.0361. The molecule has 15 heavy (non-hydrogen) atoms. The molecule has 4 heteroatoms. The summed E-state index contributed by atoms with van der Waals surface area (Å²) in [5, 5.41) is 3.97. The largest absolute Gasteiger partial charge is 0.361 e. The van der Waals surface area contributed by atoms with Crippen molar-refractivity contribution in [2.75, 3.05) is 6.54 Å². The van der Waals surface area contributed by atoms with Crippen LogP contribution in [0.15, 0.2) is 24.4 Å². The summed E-state index contributed by atoms with van der Waals surface area (Å²) in [6.45, 7) is 0.723. The van der Waals surface area contributed by atoms with Crippen molar-refractivity contribution in [3.8, 4) is 0 Å². The van der Waals surface area contributed by atoms with Gasteiger partial charge in [0.25, 0.3) is 5.91 Å². The highest BCUT2D eigenvalue weighted by atomic mass is 35.5. The Morgan fingerprint density at radius 1 is 1.27 bits per heavy atom. The molecule has 1 aromatic carbocycles. The second-order valence-corrected chi connectivity index (χ2v) is 3.55. The van der Waals surface area contributed by atoms with Crippen LogP contribution in [0, 0.1) is 0 Å². The fraction of sp³-hybridized carbons (Fsp3) is 0.182. The summed E-state index contributed by atoms with van der Waals surface area (Å²) in [6.07, 6.45) is 2.90. The van der Waals surface area contributed by atoms with Crippen LogP contribution in [-0.4, -0.2) is 17.4 Å². The van der Waals surface area contributed by atoms with Gasteiger partial charge in [-0.15, -0.1) is 12.4 Å². The number of carbonyl (C=O) groups is 1. The lowest BCUT2D eigenvalue weighted by Crippen LogP contribution is -2.23. The van der Waals surface area contributed by atoms with Crippen LogP contribution in [-0.2, 0) is 6.42 Å². The summed E-state index contributed by atoms with van der Waals surface area (Å²) >= 11 is 0. The van der Waals surface area contributed by atoms with Gasteiger partial charge < -0.3 is 10.3 Å². The van der Waals surface area contributed by atoms with E-state index < -0.39 is 0 Å². The molecule has 0 unspecified atom stereocenters. The summed E-state index contributed by atoms with van der Waals surface area (Å²) in [6, 6.07) is 5.78. The summed E-state index contributed by atoms with van der Waals surface area (Å²) in [7, 11) is 0. The highest BCUT2D eigenvalue weighted by Crippen LogP contribution is 2.24. The number of amides is 1. The molecule has 1 aliphatic rings. The minimum absolute atomic E-state index is 0. The van der Waals surface area contributed by atoms with Gasteiger partial charge >= 0.3 is 0 Å². The van der Waals surface area contributed by atoms with Crippen molar-refractivity contribution in [2.24, 2.45) is 0 Å². The lowest BCUT2D eigenvalue weighted by atomic mass is 10.1. The topological polar surface area (TPSA) is 44.9 Å². The van der Waals surface area contributed by atoms with Crippen LogP contribution in [0.3, 0.4) is 0 Å². The lowest BCUT2D eigenvalue weighted by molar-refractivity contribution is 0.0957. The molecule has 0 bridgehead atoms. The monoisotopic (exact) mass is 222 g/mol. The van der Waals surface area contributed by atoms with Crippen LogP contribution in [0.1, 0.15) is 15.9 Å². The van der Waals surface area contributed by atoms with Crippen molar-refractivity contribution in [3.05, 3.63) is 35.5 Å². The number of halogens is 1. The van der Waals surface area contributed by atoms with Gasteiger partial charge in [0, 0.05) is 29.2 Å². The van der Waals surface area contributed by atoms with Crippen molar-refractivity contribution < 1.29 is 4.79 Å². The summed E-state index contributed by atoms with van der Waals surface area (Å²) < 4.78 is 0. The Kier molecular flexibility index (Phi) is 2.40. The van der Waals surface area contributed by atoms with Gasteiger partial charge in [-0.05, 0) is 24.1 Å². The van der Waals surface area contributed by atoms with E-state index in [0.717, 1.165) is 29.4 Å². The molecule has 78 valence electrons. The van der Waals surface area contributed by atoms with E-state index in [9.17, 15) is 4.79 Å². The van der Waals surface area contributed by atoms with E-state index in [-0.39, 0.29) is 18.3 Å². The Morgan fingerprint density at radius 3 is 3.00 bits per heavy atom. The van der Waals surface area contributed by atoms with Crippen molar-refractivity contribution in [1.82, 2.24) is 10.3 Å². The predicted octanol–water partition coefficient (Wildman–Crippen LogP) is 1.88. The first-order valence-corrected chi connectivity index (χ1v) is 4.73. The lowest BCUT2D eigenvalue weighted by Gasteiger charge is -2.00. The molecule has 2 aromatic rings. The second-order valence-electron chi connectivity index (χ2n) is 3.55. The van der Waals surface area contributed by atoms with Crippen molar-refractivity contribution in [1.29, 1.82) is 0 Å². The molecule has 2 N–H and O–H groups in total. The fourth-order valence-electron chi connectivity index (χ4n) is 2.05. The first kappa shape index (κ1) is 10.1. The van der Waals surface area contributed by atoms with Gasteiger partial charge in [0.05, 0.1) is 0 Å². The highest BCUT2D eigenvalue weighted by molar-refractivity contribution is 6.08. The van der Waals surface area contributed by atoms with Crippen LogP contribution in [0.5, 0.6) is 0 Å². The standard InChI is InChI=1S/C11H10N2O.ClH/c14-11-8-2-1-3-9-10(8)7(6-13-9)4-5-12-11;/h1-3,6,13H,4-5H2,(H,12,14);1H. The number of nitrogens with one attached hydrogen (secondary N) is 2. The molecule has 0 saturated heterocycles. The fourth-order valence-corrected chi connectivity index (χ4v) is 2.05. The van der Waals surface area contributed by atoms with Crippen LogP contribution in [0.2, 0.25) is 0 Å². The van der Waals surface area contributed by atoms with E-state index in [4.69, 9.17) is 0 Å². The van der Waals surface area contributed by atoms with Crippen molar-refractivity contribution in [2.45, 2.75) is 6.42 Å². The predicted molar refractivity (Wildman–Crippen MR) is 61.6 cm³/mol. The van der Waals surface area contributed by atoms with Gasteiger partial charge in [-0.3, -0.25) is 4.79 Å². The molecule has 0 radical (unpaired) electrons. The number of hydrogen-bond donors (Lipinski definition) is 2. The Labute approximate surface area is 93.3 Å². The smallest absolute Gasteiger partial charge is 0.251 e. The van der Waals surface area contributed by atoms with E-state index in [1.54, 1.807) is 0 Å². The summed E-state index contributed by atoms with van der Waals surface area (Å²) in [5.41, 5.74) is 3.07. The quantitative estimate of drug-likeness (QED) is 0.703. The number of carbonyl (C=O) groups excluding carboxylic acids is 1. The third-order valence-electron chi connectivity index (χ3n) is 2.71. The van der Waals surface area contributed by atoms with Gasteiger partial charge in [0.1, 0.15) is 0 Å². The van der Waals surface area contributed by atoms with Crippen LogP contribution < -0.4 is 5.32 Å². The highest BCUT2D eigenvalue weighted by Gasteiger charge is 2.16. The van der Waals surface area contributed by atoms with Crippen molar-refractivity contribution in [3.63, 3.8) is 0 Å². The maximum absolute atomic E-state index is 11.7. The molecule has 3 rings (SSSR count). The summed E-state index contributed by atoms with van der Waals surface area (Å²) in [4.78, 5) is 14.9. The number of rotatable bonds is 0. The van der Waals surface area contributed by atoms with Gasteiger partial charge in [0.15, 0.2) is 0 Å². The minimum Gasteiger partial charge on any atom is -0.361 e. The molecule has 0 aliphatic carbocycles. The molecule has 0 spiro atoms. The van der Waals surface area contributed by atoms with Crippen LogP contribution in [0.4, 0.5) is 0 Å². The maximum atomic E-state index is 11.7. The number of aromatic amines is 1. The Morgan fingerprint density at radius 2 is 2.13 bits per heavy atom. The zero-order chi connectivity index (χ0) is 9.54. The molecule has 0 saturated carbocycles. The second kappa shape index (κ2) is 3.59. The molecule has 2 heterocycles. The maximum Gasteiger partial charge on any atom is 0.251 e. The Bertz CT molecular complexity index is 518. The third kappa shape index (κ3) is 1.39. The zero-order valence-corrected chi connectivity index (χ0v) is 8.86. The molecular weight excluding hydrogens is 212 g/mol. The van der Waals surface area contributed by atoms with Gasteiger partial charge in [-0.1, -0.05) is 6.07 Å². The molecular formula is C11H11ClN2O. The third-order valence-corrected chi connectivity index (χ3v) is 2.71. The SMILES string of the molecule is Cl.O=C1NCCc2c[nH]c3cccc1c23. The van der Waals surface area contributed by atoms with E-state index in [1.165, 1.54) is 5.56 Å². The van der Waals surface area contributed by atoms with E-state index >= 15 is 0 Å². The Hall–Kier alpha value is -1.48. The van der Waals surface area contributed by atoms with Crippen LogP contribution >= 0.6 is 12.4 Å². The number of H-pyrrole nitrogens is 1. The minimum atomic E-state index is 0. The normalized spacial score (nSPS) is 14.3. The number of benzene rings is 1. The average Bonchev–Trinajstić information content (AvgIpc) is 2.53. The van der Waals surface area contributed by atoms with E-state index in [2.05, 4.69) is 10.3 Å². The number of aromatic nitrogens is 1. The first-order valence-electron chi connectivity index (χ1n) is 4.73. The zero-order valence-electron chi connectivity index (χ0n) is 8.04. The molecule has 0 fully saturated rings. The average molecular weight is 223 g/mol. The first-order chi connectivity index (χ1) is 6.86. The van der Waals surface area contributed by atoms with E-state index in [1.807, 2.05) is 24.4 Å². The van der Waals surface area contributed by atoms with Gasteiger partial charge in [-0.25, -0.2) is 0 Å². The Balaban J connectivity index is 0.000000853. The molecule has 1 aliphatic heterocycles. The van der Waals surface area contributed by atoms with Gasteiger partial charge in [-0.2, -0.15) is 0 Å². The van der Waals surface area contributed by atoms with Gasteiger partial charge in [0.2, 0.25) is 0 Å². The molecule has 1 aromatic heterocycles. The van der Waals surface area contributed by atoms with Crippen LogP contribution in [0.25, 0.3) is 10.9 Å². The number of hydrogen-bond acceptors (Lipinski definition) is 1. The molecule has 1 amide bonds. The van der Waals surface area contributed by atoms with Crippen molar-refractivity contribution >= 4 is 29.2 Å². The van der Waals surface area contributed by atoms with E-state index in [0.29, 0.717) is 0 Å². The molecule has 3 nitrogen and oxygen atoms in total.